The smallest absolute Gasteiger partial charge is 0.123 e. The van der Waals surface area contributed by atoms with Crippen molar-refractivity contribution in [2.45, 2.75) is 26.3 Å². The highest BCUT2D eigenvalue weighted by atomic mass is 32.1. The van der Waals surface area contributed by atoms with Crippen LogP contribution >= 0.6 is 11.3 Å². The maximum Gasteiger partial charge on any atom is 0.123 e. The molecule has 1 aromatic carbocycles. The average Bonchev–Trinajstić information content (AvgIpc) is 2.94. The molecule has 4 heteroatoms. The van der Waals surface area contributed by atoms with Crippen molar-refractivity contribution < 1.29 is 4.74 Å². The van der Waals surface area contributed by atoms with E-state index in [-0.39, 0.29) is 6.04 Å². The van der Waals surface area contributed by atoms with E-state index in [4.69, 9.17) is 4.74 Å². The third kappa shape index (κ3) is 3.55. The van der Waals surface area contributed by atoms with E-state index in [2.05, 4.69) is 41.7 Å². The first-order valence-corrected chi connectivity index (χ1v) is 7.48. The number of thiazole rings is 1. The van der Waals surface area contributed by atoms with Crippen molar-refractivity contribution in [3.05, 3.63) is 35.3 Å². The van der Waals surface area contributed by atoms with Gasteiger partial charge in [0, 0.05) is 17.0 Å². The second kappa shape index (κ2) is 6.68. The lowest BCUT2D eigenvalue weighted by atomic mass is 10.2. The molecular formula is C15H20N2OS. The predicted octanol–water partition coefficient (Wildman–Crippen LogP) is 3.88. The van der Waals surface area contributed by atoms with Crippen LogP contribution in [0.3, 0.4) is 0 Å². The summed E-state index contributed by atoms with van der Waals surface area (Å²) in [6, 6.07) is 8.42. The molecule has 0 fully saturated rings. The molecule has 0 spiro atoms. The largest absolute Gasteiger partial charge is 0.494 e. The van der Waals surface area contributed by atoms with Crippen LogP contribution in [0.15, 0.2) is 29.6 Å². The zero-order valence-corrected chi connectivity index (χ0v) is 12.5. The van der Waals surface area contributed by atoms with Crippen LogP contribution in [0.2, 0.25) is 0 Å². The fourth-order valence-electron chi connectivity index (χ4n) is 1.70. The first kappa shape index (κ1) is 14.0. The number of hydrogen-bond acceptors (Lipinski definition) is 4. The SMILES string of the molecule is CCCOc1cccc(-c2nc(C(C)NC)cs2)c1. The van der Waals surface area contributed by atoms with Gasteiger partial charge in [-0.1, -0.05) is 19.1 Å². The molecule has 0 aliphatic rings. The zero-order valence-electron chi connectivity index (χ0n) is 11.6. The fraction of sp³-hybridized carbons (Fsp3) is 0.400. The van der Waals surface area contributed by atoms with Gasteiger partial charge < -0.3 is 10.1 Å². The van der Waals surface area contributed by atoms with E-state index in [1.165, 1.54) is 0 Å². The van der Waals surface area contributed by atoms with Gasteiger partial charge in [-0.25, -0.2) is 4.98 Å². The van der Waals surface area contributed by atoms with E-state index in [0.29, 0.717) is 0 Å². The Labute approximate surface area is 118 Å². The van der Waals surface area contributed by atoms with Crippen LogP contribution in [-0.4, -0.2) is 18.6 Å². The molecule has 0 amide bonds. The molecule has 102 valence electrons. The summed E-state index contributed by atoms with van der Waals surface area (Å²) >= 11 is 1.67. The van der Waals surface area contributed by atoms with Gasteiger partial charge in [0.15, 0.2) is 0 Å². The minimum absolute atomic E-state index is 0.282. The highest BCUT2D eigenvalue weighted by Gasteiger charge is 2.09. The first-order chi connectivity index (χ1) is 9.24. The highest BCUT2D eigenvalue weighted by Crippen LogP contribution is 2.28. The second-order valence-electron chi connectivity index (χ2n) is 4.46. The highest BCUT2D eigenvalue weighted by molar-refractivity contribution is 7.13. The summed E-state index contributed by atoms with van der Waals surface area (Å²) < 4.78 is 5.66. The van der Waals surface area contributed by atoms with Crippen LogP contribution in [0.1, 0.15) is 32.0 Å². The molecule has 2 aromatic rings. The summed E-state index contributed by atoms with van der Waals surface area (Å²) in [5, 5.41) is 6.35. The Bertz CT molecular complexity index is 524. The topological polar surface area (TPSA) is 34.1 Å². The van der Waals surface area contributed by atoms with E-state index >= 15 is 0 Å². The van der Waals surface area contributed by atoms with Gasteiger partial charge in [0.2, 0.25) is 0 Å². The lowest BCUT2D eigenvalue weighted by molar-refractivity contribution is 0.317. The molecule has 0 bridgehead atoms. The molecule has 0 radical (unpaired) electrons. The first-order valence-electron chi connectivity index (χ1n) is 6.60. The van der Waals surface area contributed by atoms with Gasteiger partial charge in [-0.15, -0.1) is 11.3 Å². The summed E-state index contributed by atoms with van der Waals surface area (Å²) in [6.45, 7) is 4.97. The van der Waals surface area contributed by atoms with E-state index < -0.39 is 0 Å². The van der Waals surface area contributed by atoms with Gasteiger partial charge in [-0.3, -0.25) is 0 Å². The molecule has 0 aliphatic heterocycles. The molecule has 2 rings (SSSR count). The monoisotopic (exact) mass is 276 g/mol. The Balaban J connectivity index is 2.19. The lowest BCUT2D eigenvalue weighted by Crippen LogP contribution is -2.12. The Morgan fingerprint density at radius 1 is 1.42 bits per heavy atom. The average molecular weight is 276 g/mol. The molecule has 1 unspecified atom stereocenters. The minimum Gasteiger partial charge on any atom is -0.494 e. The van der Waals surface area contributed by atoms with Crippen molar-refractivity contribution >= 4 is 11.3 Å². The molecule has 1 atom stereocenters. The van der Waals surface area contributed by atoms with Crippen molar-refractivity contribution in [3.8, 4) is 16.3 Å². The number of hydrogen-bond donors (Lipinski definition) is 1. The van der Waals surface area contributed by atoms with Gasteiger partial charge in [0.25, 0.3) is 0 Å². The minimum atomic E-state index is 0.282. The molecule has 3 nitrogen and oxygen atoms in total. The molecular weight excluding hydrogens is 256 g/mol. The van der Waals surface area contributed by atoms with E-state index in [9.17, 15) is 0 Å². The number of aromatic nitrogens is 1. The van der Waals surface area contributed by atoms with Crippen LogP contribution in [0.5, 0.6) is 5.75 Å². The molecule has 0 saturated heterocycles. The van der Waals surface area contributed by atoms with Crippen LogP contribution in [0.25, 0.3) is 10.6 Å². The zero-order chi connectivity index (χ0) is 13.7. The van der Waals surface area contributed by atoms with Crippen LogP contribution < -0.4 is 10.1 Å². The van der Waals surface area contributed by atoms with E-state index in [1.807, 2.05) is 19.2 Å². The number of nitrogens with one attached hydrogen (secondary N) is 1. The molecule has 0 aliphatic carbocycles. The third-order valence-electron chi connectivity index (χ3n) is 2.95. The third-order valence-corrected chi connectivity index (χ3v) is 3.86. The number of ether oxygens (including phenoxy) is 1. The number of rotatable bonds is 6. The number of nitrogens with zero attached hydrogens (tertiary/aromatic N) is 1. The summed E-state index contributed by atoms with van der Waals surface area (Å²) in [5.74, 6) is 0.915. The quantitative estimate of drug-likeness (QED) is 0.869. The van der Waals surface area contributed by atoms with Crippen molar-refractivity contribution in [2.24, 2.45) is 0 Å². The molecule has 1 aromatic heterocycles. The van der Waals surface area contributed by atoms with Gasteiger partial charge in [0.05, 0.1) is 12.3 Å². The van der Waals surface area contributed by atoms with Crippen LogP contribution in [-0.2, 0) is 0 Å². The maximum atomic E-state index is 5.66. The van der Waals surface area contributed by atoms with Crippen molar-refractivity contribution in [3.63, 3.8) is 0 Å². The lowest BCUT2D eigenvalue weighted by Gasteiger charge is -2.06. The summed E-state index contributed by atoms with van der Waals surface area (Å²) in [4.78, 5) is 4.67. The Hall–Kier alpha value is -1.39. The van der Waals surface area contributed by atoms with E-state index in [0.717, 1.165) is 35.0 Å². The predicted molar refractivity (Wildman–Crippen MR) is 80.8 cm³/mol. The normalized spacial score (nSPS) is 12.4. The number of benzene rings is 1. The fourth-order valence-corrected chi connectivity index (χ4v) is 2.61. The van der Waals surface area contributed by atoms with Crippen molar-refractivity contribution in [1.29, 1.82) is 0 Å². The van der Waals surface area contributed by atoms with Crippen LogP contribution in [0.4, 0.5) is 0 Å². The second-order valence-corrected chi connectivity index (χ2v) is 5.32. The van der Waals surface area contributed by atoms with Gasteiger partial charge in [-0.2, -0.15) is 0 Å². The summed E-state index contributed by atoms with van der Waals surface area (Å²) in [6.07, 6.45) is 1.02. The Kier molecular flexibility index (Phi) is 4.93. The molecule has 0 saturated carbocycles. The van der Waals surface area contributed by atoms with Crippen molar-refractivity contribution in [2.75, 3.05) is 13.7 Å². The van der Waals surface area contributed by atoms with Crippen LogP contribution in [0, 0.1) is 0 Å². The molecule has 1 N–H and O–H groups in total. The van der Waals surface area contributed by atoms with E-state index in [1.54, 1.807) is 11.3 Å². The molecule has 1 heterocycles. The van der Waals surface area contributed by atoms with Gasteiger partial charge in [-0.05, 0) is 32.5 Å². The maximum absolute atomic E-state index is 5.66. The summed E-state index contributed by atoms with van der Waals surface area (Å²) in [5.41, 5.74) is 2.20. The summed E-state index contributed by atoms with van der Waals surface area (Å²) in [7, 11) is 1.95. The Morgan fingerprint density at radius 2 is 2.26 bits per heavy atom. The molecule has 19 heavy (non-hydrogen) atoms. The Morgan fingerprint density at radius 3 is 3.00 bits per heavy atom. The van der Waals surface area contributed by atoms with Gasteiger partial charge in [0.1, 0.15) is 10.8 Å². The van der Waals surface area contributed by atoms with Gasteiger partial charge >= 0.3 is 0 Å². The standard InChI is InChI=1S/C15H20N2OS/c1-4-8-18-13-7-5-6-12(9-13)15-17-14(10-19-15)11(2)16-3/h5-7,9-11,16H,4,8H2,1-3H3. The van der Waals surface area contributed by atoms with Crippen molar-refractivity contribution in [1.82, 2.24) is 10.3 Å².